The van der Waals surface area contributed by atoms with Crippen LogP contribution in [0.3, 0.4) is 0 Å². The van der Waals surface area contributed by atoms with Crippen LogP contribution in [0, 0.1) is 0 Å². The Morgan fingerprint density at radius 3 is 2.62 bits per heavy atom. The molecule has 3 aromatic rings. The number of hydrogen-bond donors (Lipinski definition) is 1. The normalized spacial score (nSPS) is 10.7. The summed E-state index contributed by atoms with van der Waals surface area (Å²) in [5, 5.41) is 4.51. The largest absolute Gasteiger partial charge is 0.331 e. The molecule has 1 aromatic heterocycles. The minimum atomic E-state index is -0.186. The van der Waals surface area contributed by atoms with Gasteiger partial charge in [-0.25, -0.2) is 0 Å². The van der Waals surface area contributed by atoms with Crippen LogP contribution in [0.2, 0.25) is 0 Å². The van der Waals surface area contributed by atoms with Crippen molar-refractivity contribution in [3.8, 4) is 0 Å². The van der Waals surface area contributed by atoms with Crippen LogP contribution in [0.15, 0.2) is 53.3 Å². The highest BCUT2D eigenvalue weighted by atomic mass is 32.1. The highest BCUT2D eigenvalue weighted by molar-refractivity contribution is 7.21. The Morgan fingerprint density at radius 1 is 1.10 bits per heavy atom. The van der Waals surface area contributed by atoms with Crippen LogP contribution in [-0.4, -0.2) is 4.98 Å². The van der Waals surface area contributed by atoms with Crippen LogP contribution >= 0.6 is 11.3 Å². The number of nitrogens with one attached hydrogen (secondary N) is 1. The third-order valence-electron chi connectivity index (χ3n) is 3.27. The van der Waals surface area contributed by atoms with Crippen molar-refractivity contribution in [3.63, 3.8) is 0 Å². The standard InChI is InChI=1S/C17H16N2OS/c1-2-5-12-8-10-13(11-9-12)18-17-19-16(20)14-6-3-4-7-15(14)21-17/h3-4,6-11H,2,5H2,1H3,(H,18,19,20). The molecule has 2 aromatic carbocycles. The minimum Gasteiger partial charge on any atom is -0.331 e. The number of rotatable bonds is 4. The van der Waals surface area contributed by atoms with Gasteiger partial charge in [0.05, 0.1) is 5.39 Å². The number of benzene rings is 2. The van der Waals surface area contributed by atoms with E-state index in [1.54, 1.807) is 0 Å². The lowest BCUT2D eigenvalue weighted by Gasteiger charge is -2.06. The van der Waals surface area contributed by atoms with Gasteiger partial charge in [0.2, 0.25) is 0 Å². The summed E-state index contributed by atoms with van der Waals surface area (Å²) in [4.78, 5) is 16.1. The number of aryl methyl sites for hydroxylation is 1. The molecule has 0 aliphatic rings. The molecule has 0 unspecified atom stereocenters. The Hall–Kier alpha value is -2.20. The summed E-state index contributed by atoms with van der Waals surface area (Å²) >= 11 is 1.49. The molecule has 3 nitrogen and oxygen atoms in total. The van der Waals surface area contributed by atoms with E-state index >= 15 is 0 Å². The summed E-state index contributed by atoms with van der Waals surface area (Å²) in [6.45, 7) is 2.17. The van der Waals surface area contributed by atoms with E-state index in [0.717, 1.165) is 23.2 Å². The van der Waals surface area contributed by atoms with Crippen molar-refractivity contribution in [2.75, 3.05) is 5.32 Å². The van der Waals surface area contributed by atoms with Crippen molar-refractivity contribution in [1.82, 2.24) is 4.98 Å². The van der Waals surface area contributed by atoms with Gasteiger partial charge in [0.1, 0.15) is 0 Å². The molecule has 0 saturated heterocycles. The SMILES string of the molecule is CCCc1ccc(Nc2nc(=O)c3ccccc3s2)cc1. The van der Waals surface area contributed by atoms with Gasteiger partial charge in [-0.2, -0.15) is 4.98 Å². The predicted octanol–water partition coefficient (Wildman–Crippen LogP) is 4.35. The van der Waals surface area contributed by atoms with Gasteiger partial charge in [-0.3, -0.25) is 4.79 Å². The van der Waals surface area contributed by atoms with Crippen molar-refractivity contribution in [2.24, 2.45) is 0 Å². The fraction of sp³-hybridized carbons (Fsp3) is 0.176. The lowest BCUT2D eigenvalue weighted by atomic mass is 10.1. The van der Waals surface area contributed by atoms with Crippen molar-refractivity contribution in [3.05, 3.63) is 64.4 Å². The molecule has 0 aliphatic carbocycles. The monoisotopic (exact) mass is 296 g/mol. The Kier molecular flexibility index (Phi) is 3.97. The molecule has 106 valence electrons. The smallest absolute Gasteiger partial charge is 0.281 e. The molecule has 0 fully saturated rings. The maximum absolute atomic E-state index is 12.0. The number of nitrogens with zero attached hydrogens (tertiary/aromatic N) is 1. The highest BCUT2D eigenvalue weighted by Crippen LogP contribution is 2.23. The predicted molar refractivity (Wildman–Crippen MR) is 89.6 cm³/mol. The van der Waals surface area contributed by atoms with Crippen LogP contribution < -0.4 is 10.9 Å². The van der Waals surface area contributed by atoms with Gasteiger partial charge in [-0.1, -0.05) is 48.9 Å². The molecule has 0 spiro atoms. The quantitative estimate of drug-likeness (QED) is 0.778. The van der Waals surface area contributed by atoms with Crippen LogP contribution in [-0.2, 0) is 6.42 Å². The van der Waals surface area contributed by atoms with Gasteiger partial charge >= 0.3 is 0 Å². The maximum atomic E-state index is 12.0. The Balaban J connectivity index is 1.89. The third kappa shape index (κ3) is 3.11. The average molecular weight is 296 g/mol. The second-order valence-electron chi connectivity index (χ2n) is 4.89. The Morgan fingerprint density at radius 2 is 1.86 bits per heavy atom. The number of aromatic nitrogens is 1. The van der Waals surface area contributed by atoms with E-state index in [9.17, 15) is 4.79 Å². The first-order chi connectivity index (χ1) is 10.3. The molecule has 0 bridgehead atoms. The fourth-order valence-corrected chi connectivity index (χ4v) is 3.15. The van der Waals surface area contributed by atoms with Gasteiger partial charge in [0.15, 0.2) is 5.13 Å². The second-order valence-corrected chi connectivity index (χ2v) is 5.92. The molecule has 21 heavy (non-hydrogen) atoms. The average Bonchev–Trinajstić information content (AvgIpc) is 2.50. The molecule has 0 amide bonds. The number of anilines is 2. The molecule has 3 rings (SSSR count). The summed E-state index contributed by atoms with van der Waals surface area (Å²) in [7, 11) is 0. The summed E-state index contributed by atoms with van der Waals surface area (Å²) in [6, 6.07) is 15.8. The molecule has 0 atom stereocenters. The molecule has 0 radical (unpaired) electrons. The molecule has 4 heteroatoms. The Labute approximate surface area is 127 Å². The summed E-state index contributed by atoms with van der Waals surface area (Å²) in [6.07, 6.45) is 2.22. The lowest BCUT2D eigenvalue weighted by molar-refractivity contribution is 0.922. The van der Waals surface area contributed by atoms with Gasteiger partial charge in [-0.15, -0.1) is 0 Å². The van der Waals surface area contributed by atoms with Crippen molar-refractivity contribution < 1.29 is 0 Å². The van der Waals surface area contributed by atoms with Crippen molar-refractivity contribution in [1.29, 1.82) is 0 Å². The number of fused-ring (bicyclic) bond motifs is 1. The van der Waals surface area contributed by atoms with E-state index in [0.29, 0.717) is 10.5 Å². The highest BCUT2D eigenvalue weighted by Gasteiger charge is 2.04. The van der Waals surface area contributed by atoms with Gasteiger partial charge in [0, 0.05) is 10.4 Å². The van der Waals surface area contributed by atoms with E-state index in [1.165, 1.54) is 16.9 Å². The van der Waals surface area contributed by atoms with Crippen LogP contribution in [0.4, 0.5) is 10.8 Å². The van der Waals surface area contributed by atoms with Gasteiger partial charge in [-0.05, 0) is 36.2 Å². The molecular weight excluding hydrogens is 280 g/mol. The van der Waals surface area contributed by atoms with E-state index in [-0.39, 0.29) is 5.56 Å². The molecule has 0 saturated carbocycles. The van der Waals surface area contributed by atoms with E-state index < -0.39 is 0 Å². The fourth-order valence-electron chi connectivity index (χ4n) is 2.23. The van der Waals surface area contributed by atoms with Crippen molar-refractivity contribution >= 4 is 32.2 Å². The molecule has 0 aliphatic heterocycles. The van der Waals surface area contributed by atoms with Gasteiger partial charge < -0.3 is 5.32 Å². The van der Waals surface area contributed by atoms with Crippen LogP contribution in [0.5, 0.6) is 0 Å². The zero-order valence-electron chi connectivity index (χ0n) is 11.8. The van der Waals surface area contributed by atoms with Crippen LogP contribution in [0.1, 0.15) is 18.9 Å². The minimum absolute atomic E-state index is 0.186. The maximum Gasteiger partial charge on any atom is 0.281 e. The lowest BCUT2D eigenvalue weighted by Crippen LogP contribution is -2.07. The third-order valence-corrected chi connectivity index (χ3v) is 4.23. The summed E-state index contributed by atoms with van der Waals surface area (Å²) < 4.78 is 0.947. The first-order valence-electron chi connectivity index (χ1n) is 7.02. The number of hydrogen-bond acceptors (Lipinski definition) is 4. The summed E-state index contributed by atoms with van der Waals surface area (Å²) in [5.41, 5.74) is 2.09. The molecule has 1 heterocycles. The topological polar surface area (TPSA) is 42.0 Å². The zero-order chi connectivity index (χ0) is 14.7. The van der Waals surface area contributed by atoms with Crippen LogP contribution in [0.25, 0.3) is 10.1 Å². The Bertz CT molecular complexity index is 809. The first-order valence-corrected chi connectivity index (χ1v) is 7.84. The van der Waals surface area contributed by atoms with E-state index in [2.05, 4.69) is 29.4 Å². The van der Waals surface area contributed by atoms with E-state index in [1.807, 2.05) is 36.4 Å². The van der Waals surface area contributed by atoms with Gasteiger partial charge in [0.25, 0.3) is 5.56 Å². The van der Waals surface area contributed by atoms with Crippen molar-refractivity contribution in [2.45, 2.75) is 19.8 Å². The van der Waals surface area contributed by atoms with E-state index in [4.69, 9.17) is 0 Å². The zero-order valence-corrected chi connectivity index (χ0v) is 12.6. The molecular formula is C17H16N2OS. The summed E-state index contributed by atoms with van der Waals surface area (Å²) in [5.74, 6) is 0. The first kappa shape index (κ1) is 13.8. The second kappa shape index (κ2) is 6.06. The molecule has 1 N–H and O–H groups in total.